The Morgan fingerprint density at radius 2 is 2.41 bits per heavy atom. The topological polar surface area (TPSA) is 84.6 Å². The van der Waals surface area contributed by atoms with Crippen LogP contribution in [0.1, 0.15) is 12.0 Å². The SMILES string of the molecule is NC(CC12OCC1Nc1ccccc12)C(=O)O. The second-order valence-corrected chi connectivity index (χ2v) is 4.59. The average molecular weight is 234 g/mol. The van der Waals surface area contributed by atoms with Crippen molar-refractivity contribution in [3.63, 3.8) is 0 Å². The Balaban J connectivity index is 1.94. The monoisotopic (exact) mass is 234 g/mol. The van der Waals surface area contributed by atoms with Crippen LogP contribution in [0, 0.1) is 0 Å². The molecule has 17 heavy (non-hydrogen) atoms. The minimum absolute atomic E-state index is 0.144. The van der Waals surface area contributed by atoms with Gasteiger partial charge in [-0.25, -0.2) is 0 Å². The fraction of sp³-hybridized carbons (Fsp3) is 0.417. The Labute approximate surface area is 98.6 Å². The molecule has 2 aliphatic heterocycles. The summed E-state index contributed by atoms with van der Waals surface area (Å²) >= 11 is 0. The molecule has 0 amide bonds. The van der Waals surface area contributed by atoms with Crippen LogP contribution in [0.25, 0.3) is 0 Å². The lowest BCUT2D eigenvalue weighted by molar-refractivity contribution is -0.172. The maximum atomic E-state index is 10.9. The molecule has 0 aliphatic carbocycles. The molecule has 0 aromatic heterocycles. The molecule has 3 unspecified atom stereocenters. The summed E-state index contributed by atoms with van der Waals surface area (Å²) in [5, 5.41) is 12.3. The largest absolute Gasteiger partial charge is 0.480 e. The zero-order valence-electron chi connectivity index (χ0n) is 9.22. The Kier molecular flexibility index (Phi) is 2.14. The number of carboxylic acids is 1. The molecule has 5 nitrogen and oxygen atoms in total. The molecule has 90 valence electrons. The van der Waals surface area contributed by atoms with Crippen LogP contribution in [0.2, 0.25) is 0 Å². The highest BCUT2D eigenvalue weighted by Gasteiger charge is 2.56. The molecule has 0 spiro atoms. The van der Waals surface area contributed by atoms with Crippen molar-refractivity contribution >= 4 is 11.7 Å². The van der Waals surface area contributed by atoms with Crippen molar-refractivity contribution in [1.29, 1.82) is 0 Å². The van der Waals surface area contributed by atoms with Gasteiger partial charge in [-0.05, 0) is 6.07 Å². The normalized spacial score (nSPS) is 30.8. The average Bonchev–Trinajstić information content (AvgIpc) is 2.51. The maximum absolute atomic E-state index is 10.9. The van der Waals surface area contributed by atoms with Gasteiger partial charge in [-0.3, -0.25) is 4.79 Å². The number of anilines is 1. The third-order valence-corrected chi connectivity index (χ3v) is 3.62. The summed E-state index contributed by atoms with van der Waals surface area (Å²) in [6.45, 7) is 0.598. The van der Waals surface area contributed by atoms with Crippen molar-refractivity contribution in [3.05, 3.63) is 29.8 Å². The Morgan fingerprint density at radius 1 is 1.65 bits per heavy atom. The first-order valence-electron chi connectivity index (χ1n) is 5.62. The van der Waals surface area contributed by atoms with E-state index >= 15 is 0 Å². The van der Waals surface area contributed by atoms with Gasteiger partial charge in [0.15, 0.2) is 0 Å². The highest BCUT2D eigenvalue weighted by atomic mass is 16.5. The molecule has 3 rings (SSSR count). The summed E-state index contributed by atoms with van der Waals surface area (Å²) in [4.78, 5) is 10.9. The fourth-order valence-corrected chi connectivity index (χ4v) is 2.68. The molecule has 0 saturated carbocycles. The molecule has 1 saturated heterocycles. The van der Waals surface area contributed by atoms with E-state index in [0.717, 1.165) is 11.3 Å². The quantitative estimate of drug-likeness (QED) is 0.709. The first-order valence-corrected chi connectivity index (χ1v) is 5.62. The number of fused-ring (bicyclic) bond motifs is 3. The van der Waals surface area contributed by atoms with Gasteiger partial charge >= 0.3 is 5.97 Å². The van der Waals surface area contributed by atoms with Crippen molar-refractivity contribution in [1.82, 2.24) is 0 Å². The van der Waals surface area contributed by atoms with Crippen LogP contribution in [0.3, 0.4) is 0 Å². The van der Waals surface area contributed by atoms with Gasteiger partial charge < -0.3 is 20.9 Å². The number of hydrogen-bond donors (Lipinski definition) is 3. The molecule has 0 bridgehead atoms. The molecular weight excluding hydrogens is 220 g/mol. The standard InChI is InChI=1S/C12H14N2O3/c13-8(11(15)16)5-12-7-3-1-2-4-9(7)14-10(12)6-17-12/h1-4,8,10,14H,5-6,13H2,(H,15,16). The Morgan fingerprint density at radius 3 is 3.06 bits per heavy atom. The van der Waals surface area contributed by atoms with Crippen LogP contribution in [0.5, 0.6) is 0 Å². The molecule has 2 aliphatic rings. The van der Waals surface area contributed by atoms with Gasteiger partial charge in [-0.15, -0.1) is 0 Å². The van der Waals surface area contributed by atoms with E-state index in [0.29, 0.717) is 13.0 Å². The molecule has 3 atom stereocenters. The number of hydrogen-bond acceptors (Lipinski definition) is 4. The second-order valence-electron chi connectivity index (χ2n) is 4.59. The Bertz CT molecular complexity index is 477. The van der Waals surface area contributed by atoms with Crippen LogP contribution < -0.4 is 11.1 Å². The third kappa shape index (κ3) is 1.36. The number of aliphatic carboxylic acids is 1. The van der Waals surface area contributed by atoms with Gasteiger partial charge in [0.25, 0.3) is 0 Å². The highest BCUT2D eigenvalue weighted by Crippen LogP contribution is 2.50. The fourth-order valence-electron chi connectivity index (χ4n) is 2.68. The minimum Gasteiger partial charge on any atom is -0.480 e. The number of para-hydroxylation sites is 1. The highest BCUT2D eigenvalue weighted by molar-refractivity contribution is 5.74. The summed E-state index contributed by atoms with van der Waals surface area (Å²) in [6.07, 6.45) is 0.303. The van der Waals surface area contributed by atoms with Crippen molar-refractivity contribution in [3.8, 4) is 0 Å². The first kappa shape index (κ1) is 10.6. The predicted octanol–water partition coefficient (Wildman–Crippen LogP) is 0.508. The van der Waals surface area contributed by atoms with Crippen LogP contribution in [-0.2, 0) is 15.1 Å². The maximum Gasteiger partial charge on any atom is 0.320 e. The van der Waals surface area contributed by atoms with E-state index in [1.165, 1.54) is 0 Å². The second kappa shape index (κ2) is 3.45. The smallest absolute Gasteiger partial charge is 0.320 e. The van der Waals surface area contributed by atoms with Gasteiger partial charge in [-0.2, -0.15) is 0 Å². The van der Waals surface area contributed by atoms with Crippen LogP contribution >= 0.6 is 0 Å². The summed E-state index contributed by atoms with van der Waals surface area (Å²) < 4.78 is 5.68. The number of rotatable bonds is 3. The van der Waals surface area contributed by atoms with Crippen molar-refractivity contribution < 1.29 is 14.6 Å². The molecule has 1 fully saturated rings. The number of carbonyl (C=O) groups is 1. The number of ether oxygens (including phenoxy) is 1. The molecule has 2 heterocycles. The van der Waals surface area contributed by atoms with Gasteiger partial charge in [0, 0.05) is 17.7 Å². The first-order chi connectivity index (χ1) is 8.13. The Hall–Kier alpha value is -1.59. The van der Waals surface area contributed by atoms with E-state index in [4.69, 9.17) is 15.6 Å². The minimum atomic E-state index is -0.988. The summed E-state index contributed by atoms with van der Waals surface area (Å²) in [6, 6.07) is 7.07. The summed E-state index contributed by atoms with van der Waals surface area (Å²) in [7, 11) is 0. The van der Waals surface area contributed by atoms with Crippen molar-refractivity contribution in [2.45, 2.75) is 24.1 Å². The molecule has 1 aromatic rings. The number of nitrogens with one attached hydrogen (secondary N) is 1. The number of carboxylic acid groups (broad SMARTS) is 1. The van der Waals surface area contributed by atoms with E-state index in [1.54, 1.807) is 0 Å². The third-order valence-electron chi connectivity index (χ3n) is 3.62. The van der Waals surface area contributed by atoms with Crippen molar-refractivity contribution in [2.75, 3.05) is 11.9 Å². The lowest BCUT2D eigenvalue weighted by atomic mass is 9.80. The number of nitrogens with two attached hydrogens (primary N) is 1. The molecule has 4 N–H and O–H groups in total. The zero-order chi connectivity index (χ0) is 12.0. The van der Waals surface area contributed by atoms with Gasteiger partial charge in [0.05, 0.1) is 12.6 Å². The number of benzene rings is 1. The van der Waals surface area contributed by atoms with Crippen LogP contribution in [-0.4, -0.2) is 29.8 Å². The van der Waals surface area contributed by atoms with E-state index < -0.39 is 17.6 Å². The van der Waals surface area contributed by atoms with Gasteiger partial charge in [0.2, 0.25) is 0 Å². The predicted molar refractivity (Wildman–Crippen MR) is 61.7 cm³/mol. The van der Waals surface area contributed by atoms with Gasteiger partial charge in [0.1, 0.15) is 11.6 Å². The van der Waals surface area contributed by atoms with Crippen LogP contribution in [0.15, 0.2) is 24.3 Å². The van der Waals surface area contributed by atoms with Crippen LogP contribution in [0.4, 0.5) is 5.69 Å². The lowest BCUT2D eigenvalue weighted by Crippen LogP contribution is -2.58. The van der Waals surface area contributed by atoms with E-state index in [1.807, 2.05) is 24.3 Å². The van der Waals surface area contributed by atoms with E-state index in [-0.39, 0.29) is 6.04 Å². The lowest BCUT2D eigenvalue weighted by Gasteiger charge is -2.45. The van der Waals surface area contributed by atoms with E-state index in [2.05, 4.69) is 5.32 Å². The van der Waals surface area contributed by atoms with Crippen molar-refractivity contribution in [2.24, 2.45) is 5.73 Å². The zero-order valence-corrected chi connectivity index (χ0v) is 9.22. The molecule has 5 heteroatoms. The van der Waals surface area contributed by atoms with E-state index in [9.17, 15) is 4.79 Å². The summed E-state index contributed by atoms with van der Waals surface area (Å²) in [5.74, 6) is -0.988. The van der Waals surface area contributed by atoms with Gasteiger partial charge in [-0.1, -0.05) is 18.2 Å². The molecule has 1 aromatic carbocycles. The summed E-state index contributed by atoms with van der Waals surface area (Å²) in [5.41, 5.74) is 7.12. The molecule has 0 radical (unpaired) electrons. The molecular formula is C12H14N2O3.